The van der Waals surface area contributed by atoms with Crippen molar-refractivity contribution in [1.29, 1.82) is 0 Å². The van der Waals surface area contributed by atoms with Crippen LogP contribution in [0.15, 0.2) is 29.3 Å². The summed E-state index contributed by atoms with van der Waals surface area (Å²) in [4.78, 5) is 15.6. The molecule has 0 radical (unpaired) electrons. The minimum absolute atomic E-state index is 0.00615. The minimum atomic E-state index is -0.293. The van der Waals surface area contributed by atoms with Crippen LogP contribution in [0.25, 0.3) is 0 Å². The molecule has 1 aliphatic rings. The molecule has 0 aliphatic carbocycles. The molecule has 1 aromatic rings. The van der Waals surface area contributed by atoms with Crippen LogP contribution >= 0.6 is 11.8 Å². The summed E-state index contributed by atoms with van der Waals surface area (Å²) in [5, 5.41) is 3.23. The van der Waals surface area contributed by atoms with Crippen molar-refractivity contribution in [3.8, 4) is 0 Å². The number of hydrogen-bond acceptors (Lipinski definition) is 3. The molecular formula is C11H11FN2OS. The highest BCUT2D eigenvalue weighted by Gasteiger charge is 2.28. The SMILES string of the molecule is CCC1SC(=Nc2ccc(F)cc2)NC1=O. The van der Waals surface area contributed by atoms with Crippen molar-refractivity contribution in [3.05, 3.63) is 30.1 Å². The molecule has 0 saturated carbocycles. The summed E-state index contributed by atoms with van der Waals surface area (Å²) in [6, 6.07) is 5.85. The number of halogens is 1. The molecule has 1 heterocycles. The van der Waals surface area contributed by atoms with E-state index in [1.807, 2.05) is 6.92 Å². The zero-order valence-corrected chi connectivity index (χ0v) is 9.55. The number of hydrogen-bond donors (Lipinski definition) is 1. The van der Waals surface area contributed by atoms with Crippen LogP contribution in [-0.2, 0) is 4.79 Å². The zero-order valence-electron chi connectivity index (χ0n) is 8.74. The molecule has 1 aromatic carbocycles. The maximum absolute atomic E-state index is 12.7. The van der Waals surface area contributed by atoms with Gasteiger partial charge in [0.05, 0.1) is 10.9 Å². The zero-order chi connectivity index (χ0) is 11.5. The predicted molar refractivity (Wildman–Crippen MR) is 63.3 cm³/mol. The molecule has 1 atom stereocenters. The number of rotatable bonds is 2. The van der Waals surface area contributed by atoms with Gasteiger partial charge in [-0.05, 0) is 30.7 Å². The minimum Gasteiger partial charge on any atom is -0.304 e. The van der Waals surface area contributed by atoms with E-state index in [-0.39, 0.29) is 17.0 Å². The first kappa shape index (κ1) is 11.1. The molecule has 1 saturated heterocycles. The number of nitrogens with one attached hydrogen (secondary N) is 1. The molecule has 1 aliphatic heterocycles. The number of amidine groups is 1. The lowest BCUT2D eigenvalue weighted by atomic mass is 10.3. The number of benzene rings is 1. The van der Waals surface area contributed by atoms with Crippen LogP contribution in [0.3, 0.4) is 0 Å². The molecular weight excluding hydrogens is 227 g/mol. The number of carbonyl (C=O) groups excluding carboxylic acids is 1. The average Bonchev–Trinajstić information content (AvgIpc) is 2.62. The topological polar surface area (TPSA) is 41.5 Å². The van der Waals surface area contributed by atoms with Gasteiger partial charge in [-0.1, -0.05) is 18.7 Å². The summed E-state index contributed by atoms with van der Waals surface area (Å²) < 4.78 is 12.7. The first-order chi connectivity index (χ1) is 7.69. The van der Waals surface area contributed by atoms with Crippen molar-refractivity contribution in [2.75, 3.05) is 0 Å². The second-order valence-electron chi connectivity index (χ2n) is 3.40. The van der Waals surface area contributed by atoms with Crippen LogP contribution in [0.4, 0.5) is 10.1 Å². The fourth-order valence-electron chi connectivity index (χ4n) is 1.36. The molecule has 0 aromatic heterocycles. The molecule has 0 spiro atoms. The largest absolute Gasteiger partial charge is 0.304 e. The summed E-state index contributed by atoms with van der Waals surface area (Å²) in [6.07, 6.45) is 0.777. The summed E-state index contributed by atoms with van der Waals surface area (Å²) in [5.41, 5.74) is 0.640. The lowest BCUT2D eigenvalue weighted by Gasteiger charge is -1.97. The summed E-state index contributed by atoms with van der Waals surface area (Å²) >= 11 is 1.41. The van der Waals surface area contributed by atoms with Gasteiger partial charge in [0.2, 0.25) is 5.91 Å². The van der Waals surface area contributed by atoms with E-state index < -0.39 is 0 Å². The molecule has 3 nitrogen and oxygen atoms in total. The lowest BCUT2D eigenvalue weighted by Crippen LogP contribution is -2.24. The Labute approximate surface area is 97.1 Å². The molecule has 2 rings (SSSR count). The molecule has 5 heteroatoms. The normalized spacial score (nSPS) is 22.5. The quantitative estimate of drug-likeness (QED) is 0.859. The van der Waals surface area contributed by atoms with Crippen LogP contribution in [0.1, 0.15) is 13.3 Å². The summed E-state index contributed by atoms with van der Waals surface area (Å²) in [7, 11) is 0. The van der Waals surface area contributed by atoms with E-state index in [9.17, 15) is 9.18 Å². The van der Waals surface area contributed by atoms with Crippen LogP contribution in [0.2, 0.25) is 0 Å². The number of carbonyl (C=O) groups is 1. The first-order valence-corrected chi connectivity index (χ1v) is 5.89. The highest BCUT2D eigenvalue weighted by atomic mass is 32.2. The fraction of sp³-hybridized carbons (Fsp3) is 0.273. The van der Waals surface area contributed by atoms with Gasteiger partial charge in [-0.3, -0.25) is 4.79 Å². The van der Waals surface area contributed by atoms with Gasteiger partial charge in [0, 0.05) is 0 Å². The summed E-state index contributed by atoms with van der Waals surface area (Å²) in [6.45, 7) is 1.96. The first-order valence-electron chi connectivity index (χ1n) is 5.01. The molecule has 1 unspecified atom stereocenters. The number of amides is 1. The lowest BCUT2D eigenvalue weighted by molar-refractivity contribution is -0.118. The van der Waals surface area contributed by atoms with E-state index in [1.165, 1.54) is 23.9 Å². The highest BCUT2D eigenvalue weighted by Crippen LogP contribution is 2.24. The maximum Gasteiger partial charge on any atom is 0.239 e. The third-order valence-corrected chi connectivity index (χ3v) is 3.45. The van der Waals surface area contributed by atoms with E-state index in [0.29, 0.717) is 10.9 Å². The number of nitrogens with zero attached hydrogens (tertiary/aromatic N) is 1. The van der Waals surface area contributed by atoms with Gasteiger partial charge >= 0.3 is 0 Å². The van der Waals surface area contributed by atoms with Gasteiger partial charge in [0.15, 0.2) is 5.17 Å². The Morgan fingerprint density at radius 3 is 2.69 bits per heavy atom. The Morgan fingerprint density at radius 1 is 1.44 bits per heavy atom. The molecule has 84 valence electrons. The Hall–Kier alpha value is -1.36. The number of thioether (sulfide) groups is 1. The van der Waals surface area contributed by atoms with Crippen molar-refractivity contribution >= 4 is 28.5 Å². The van der Waals surface area contributed by atoms with Gasteiger partial charge in [-0.15, -0.1) is 0 Å². The van der Waals surface area contributed by atoms with Crippen molar-refractivity contribution in [3.63, 3.8) is 0 Å². The van der Waals surface area contributed by atoms with Gasteiger partial charge in [-0.2, -0.15) is 0 Å². The molecule has 1 fully saturated rings. The second-order valence-corrected chi connectivity index (χ2v) is 4.59. The Bertz CT molecular complexity index is 430. The Kier molecular flexibility index (Phi) is 3.24. The van der Waals surface area contributed by atoms with Gasteiger partial charge in [0.1, 0.15) is 5.82 Å². The highest BCUT2D eigenvalue weighted by molar-refractivity contribution is 8.15. The van der Waals surface area contributed by atoms with Crippen molar-refractivity contribution in [2.45, 2.75) is 18.6 Å². The Morgan fingerprint density at radius 2 is 2.12 bits per heavy atom. The fourth-order valence-corrected chi connectivity index (χ4v) is 2.28. The number of aliphatic imine (C=N–C) groups is 1. The smallest absolute Gasteiger partial charge is 0.239 e. The van der Waals surface area contributed by atoms with Crippen molar-refractivity contribution < 1.29 is 9.18 Å². The van der Waals surface area contributed by atoms with E-state index in [1.54, 1.807) is 12.1 Å². The third-order valence-electron chi connectivity index (χ3n) is 2.20. The van der Waals surface area contributed by atoms with E-state index in [0.717, 1.165) is 6.42 Å². The van der Waals surface area contributed by atoms with Gasteiger partial charge in [-0.25, -0.2) is 9.38 Å². The standard InChI is InChI=1S/C11H11FN2OS/c1-2-9-10(15)14-11(16-9)13-8-5-3-7(12)4-6-8/h3-6,9H,2H2,1H3,(H,13,14,15). The van der Waals surface area contributed by atoms with Crippen LogP contribution in [0, 0.1) is 5.82 Å². The van der Waals surface area contributed by atoms with Gasteiger partial charge in [0.25, 0.3) is 0 Å². The third kappa shape index (κ3) is 2.41. The predicted octanol–water partition coefficient (Wildman–Crippen LogP) is 2.45. The van der Waals surface area contributed by atoms with Crippen LogP contribution in [0.5, 0.6) is 0 Å². The second kappa shape index (κ2) is 4.65. The van der Waals surface area contributed by atoms with Crippen LogP contribution < -0.4 is 5.32 Å². The molecule has 0 bridgehead atoms. The average molecular weight is 238 g/mol. The van der Waals surface area contributed by atoms with Crippen LogP contribution in [-0.4, -0.2) is 16.3 Å². The van der Waals surface area contributed by atoms with Crippen molar-refractivity contribution in [2.24, 2.45) is 4.99 Å². The molecule has 16 heavy (non-hydrogen) atoms. The molecule has 1 amide bonds. The van der Waals surface area contributed by atoms with E-state index >= 15 is 0 Å². The van der Waals surface area contributed by atoms with Crippen molar-refractivity contribution in [1.82, 2.24) is 5.32 Å². The van der Waals surface area contributed by atoms with E-state index in [2.05, 4.69) is 10.3 Å². The molecule has 1 N–H and O–H groups in total. The van der Waals surface area contributed by atoms with Gasteiger partial charge < -0.3 is 5.32 Å². The van der Waals surface area contributed by atoms with E-state index in [4.69, 9.17) is 0 Å². The monoisotopic (exact) mass is 238 g/mol. The summed E-state index contributed by atoms with van der Waals surface area (Å²) in [5.74, 6) is -0.299. The maximum atomic E-state index is 12.7. The Balaban J connectivity index is 2.14.